The summed E-state index contributed by atoms with van der Waals surface area (Å²) < 4.78 is 0. The molecule has 0 saturated heterocycles. The summed E-state index contributed by atoms with van der Waals surface area (Å²) in [6, 6.07) is 10.1. The van der Waals surface area contributed by atoms with E-state index in [1.165, 1.54) is 123 Å². The molecular formula is C38H42N4S. The van der Waals surface area contributed by atoms with Crippen LogP contribution >= 0.6 is 11.3 Å². The van der Waals surface area contributed by atoms with Crippen molar-refractivity contribution < 1.29 is 0 Å². The maximum absolute atomic E-state index is 5.71. The van der Waals surface area contributed by atoms with E-state index in [-0.39, 0.29) is 10.8 Å². The van der Waals surface area contributed by atoms with E-state index in [0.29, 0.717) is 5.92 Å². The molecule has 43 heavy (non-hydrogen) atoms. The topological polar surface area (TPSA) is 32.3 Å². The summed E-state index contributed by atoms with van der Waals surface area (Å²) in [6.07, 6.45) is 12.3. The minimum Gasteiger partial charge on any atom is -0.371 e. The molecule has 1 fully saturated rings. The lowest BCUT2D eigenvalue weighted by atomic mass is 9.70. The maximum atomic E-state index is 5.71. The number of anilines is 2. The molecule has 4 aromatic rings. The standard InChI is InChI=1S/C38H42N4S/c1-37(2)28-12-13-38(37,3)36-29(28)39-30-31(40-36)35(27-20-24-10-6-16-42-17-7-11-25(21-27)33(24)42)43-34(30)26-18-22-8-4-14-41-15-5-9-23(19-26)32(22)41/h18-21,28H,4-17H2,1-3H3. The lowest BCUT2D eigenvalue weighted by Crippen LogP contribution is -2.34. The Hall–Kier alpha value is -2.92. The van der Waals surface area contributed by atoms with E-state index in [1.54, 1.807) is 33.6 Å². The van der Waals surface area contributed by atoms with Crippen molar-refractivity contribution in [2.24, 2.45) is 5.41 Å². The summed E-state index contributed by atoms with van der Waals surface area (Å²) in [5, 5.41) is 0. The molecule has 4 aliphatic heterocycles. The number of rotatable bonds is 2. The molecule has 2 aromatic carbocycles. The van der Waals surface area contributed by atoms with Crippen LogP contribution in [0.3, 0.4) is 0 Å². The molecule has 0 N–H and O–H groups in total. The summed E-state index contributed by atoms with van der Waals surface area (Å²) in [7, 11) is 0. The predicted octanol–water partition coefficient (Wildman–Crippen LogP) is 8.60. The fourth-order valence-electron chi connectivity index (χ4n) is 10.3. The Bertz CT molecular complexity index is 1800. The minimum absolute atomic E-state index is 0.107. The Morgan fingerprint density at radius 2 is 1.14 bits per heavy atom. The summed E-state index contributed by atoms with van der Waals surface area (Å²) in [5.41, 5.74) is 17.3. The summed E-state index contributed by atoms with van der Waals surface area (Å²) in [5.74, 6) is 0.512. The van der Waals surface area contributed by atoms with Crippen molar-refractivity contribution in [2.45, 2.75) is 96.3 Å². The molecule has 2 aromatic heterocycles. The molecule has 2 aliphatic carbocycles. The number of hydrogen-bond acceptors (Lipinski definition) is 5. The van der Waals surface area contributed by atoms with Gasteiger partial charge in [0.2, 0.25) is 0 Å². The van der Waals surface area contributed by atoms with Gasteiger partial charge in [-0.2, -0.15) is 0 Å². The van der Waals surface area contributed by atoms with Gasteiger partial charge in [0.1, 0.15) is 11.0 Å². The number of aryl methyl sites for hydroxylation is 4. The average Bonchev–Trinajstić information content (AvgIpc) is 3.56. The van der Waals surface area contributed by atoms with Gasteiger partial charge in [0.25, 0.3) is 0 Å². The second-order valence-electron chi connectivity index (χ2n) is 15.2. The molecule has 2 atom stereocenters. The first kappa shape index (κ1) is 25.4. The Balaban J connectivity index is 1.23. The molecule has 0 amide bonds. The van der Waals surface area contributed by atoms with Crippen LogP contribution in [-0.4, -0.2) is 36.1 Å². The molecule has 6 heterocycles. The van der Waals surface area contributed by atoms with Crippen LogP contribution in [0.4, 0.5) is 11.4 Å². The van der Waals surface area contributed by atoms with Crippen molar-refractivity contribution in [1.82, 2.24) is 9.97 Å². The SMILES string of the molecule is CC12CCC(c3nc4c(-c5cc6c7c(c5)CCCN7CCC6)sc(-c5cc6c7c(c5)CCCN7CCC6)c4nc31)C2(C)C. The molecule has 4 nitrogen and oxygen atoms in total. The van der Waals surface area contributed by atoms with Gasteiger partial charge in [0.15, 0.2) is 0 Å². The van der Waals surface area contributed by atoms with E-state index < -0.39 is 0 Å². The molecule has 0 radical (unpaired) electrons. The highest BCUT2D eigenvalue weighted by Gasteiger charge is 2.61. The summed E-state index contributed by atoms with van der Waals surface area (Å²) in [6.45, 7) is 12.3. The first-order chi connectivity index (χ1) is 20.9. The van der Waals surface area contributed by atoms with Crippen LogP contribution < -0.4 is 9.80 Å². The van der Waals surface area contributed by atoms with Crippen LogP contribution in [0.5, 0.6) is 0 Å². The number of nitrogens with zero attached hydrogens (tertiary/aromatic N) is 4. The van der Waals surface area contributed by atoms with Crippen molar-refractivity contribution in [3.63, 3.8) is 0 Å². The van der Waals surface area contributed by atoms with Gasteiger partial charge in [-0.25, -0.2) is 9.97 Å². The van der Waals surface area contributed by atoms with Crippen LogP contribution in [0.2, 0.25) is 0 Å². The van der Waals surface area contributed by atoms with E-state index >= 15 is 0 Å². The van der Waals surface area contributed by atoms with Crippen molar-refractivity contribution >= 4 is 33.7 Å². The highest BCUT2D eigenvalue weighted by molar-refractivity contribution is 7.20. The Morgan fingerprint density at radius 3 is 1.63 bits per heavy atom. The zero-order valence-corrected chi connectivity index (χ0v) is 26.8. The van der Waals surface area contributed by atoms with Crippen molar-refractivity contribution in [1.29, 1.82) is 0 Å². The van der Waals surface area contributed by atoms with Crippen molar-refractivity contribution in [3.05, 3.63) is 57.9 Å². The van der Waals surface area contributed by atoms with Gasteiger partial charge >= 0.3 is 0 Å². The predicted molar refractivity (Wildman–Crippen MR) is 179 cm³/mol. The lowest BCUT2D eigenvalue weighted by Gasteiger charge is -2.37. The third kappa shape index (κ3) is 3.28. The van der Waals surface area contributed by atoms with E-state index in [2.05, 4.69) is 54.8 Å². The zero-order chi connectivity index (χ0) is 28.7. The van der Waals surface area contributed by atoms with Crippen LogP contribution in [0.25, 0.3) is 31.9 Å². The van der Waals surface area contributed by atoms with E-state index in [9.17, 15) is 0 Å². The van der Waals surface area contributed by atoms with Gasteiger partial charge in [-0.3, -0.25) is 0 Å². The van der Waals surface area contributed by atoms with E-state index in [0.717, 1.165) is 11.0 Å². The Labute approximate surface area is 259 Å². The van der Waals surface area contributed by atoms with Gasteiger partial charge in [-0.1, -0.05) is 20.8 Å². The smallest absolute Gasteiger partial charge is 0.108 e. The quantitative estimate of drug-likeness (QED) is 0.235. The number of fused-ring (bicyclic) bond motifs is 6. The van der Waals surface area contributed by atoms with Gasteiger partial charge in [0, 0.05) is 48.9 Å². The molecule has 220 valence electrons. The molecule has 10 rings (SSSR count). The lowest BCUT2D eigenvalue weighted by molar-refractivity contribution is 0.227. The largest absolute Gasteiger partial charge is 0.371 e. The van der Waals surface area contributed by atoms with Gasteiger partial charge in [-0.05, 0) is 127 Å². The first-order valence-electron chi connectivity index (χ1n) is 17.1. The van der Waals surface area contributed by atoms with Gasteiger partial charge in [0.05, 0.1) is 21.1 Å². The Morgan fingerprint density at radius 1 is 0.674 bits per heavy atom. The van der Waals surface area contributed by atoms with Crippen LogP contribution in [0.15, 0.2) is 24.3 Å². The molecular weight excluding hydrogens is 545 g/mol. The summed E-state index contributed by atoms with van der Waals surface area (Å²) >= 11 is 1.98. The fourth-order valence-corrected chi connectivity index (χ4v) is 11.4. The molecule has 2 bridgehead atoms. The van der Waals surface area contributed by atoms with E-state index in [1.807, 2.05) is 11.3 Å². The van der Waals surface area contributed by atoms with Crippen LogP contribution in [0, 0.1) is 5.41 Å². The van der Waals surface area contributed by atoms with Gasteiger partial charge < -0.3 is 9.80 Å². The molecule has 0 spiro atoms. The van der Waals surface area contributed by atoms with Crippen molar-refractivity contribution in [2.75, 3.05) is 36.0 Å². The third-order valence-corrected chi connectivity index (χ3v) is 14.1. The number of hydrogen-bond donors (Lipinski definition) is 0. The first-order valence-corrected chi connectivity index (χ1v) is 17.9. The van der Waals surface area contributed by atoms with E-state index in [4.69, 9.17) is 9.97 Å². The molecule has 2 unspecified atom stereocenters. The number of thiophene rings is 1. The fraction of sp³-hybridized carbons (Fsp3) is 0.526. The molecule has 6 aliphatic rings. The number of aromatic nitrogens is 2. The third-order valence-electron chi connectivity index (χ3n) is 12.8. The Kier molecular flexibility index (Phi) is 5.09. The highest BCUT2D eigenvalue weighted by Crippen LogP contribution is 2.67. The van der Waals surface area contributed by atoms with Crippen molar-refractivity contribution in [3.8, 4) is 20.9 Å². The summed E-state index contributed by atoms with van der Waals surface area (Å²) in [4.78, 5) is 19.4. The zero-order valence-electron chi connectivity index (χ0n) is 26.0. The normalized spacial score (nSPS) is 26.1. The monoisotopic (exact) mass is 586 g/mol. The van der Waals surface area contributed by atoms with Crippen LogP contribution in [-0.2, 0) is 31.1 Å². The molecule has 1 saturated carbocycles. The van der Waals surface area contributed by atoms with Crippen LogP contribution in [0.1, 0.15) is 98.9 Å². The minimum atomic E-state index is 0.107. The highest BCUT2D eigenvalue weighted by atomic mass is 32.1. The maximum Gasteiger partial charge on any atom is 0.108 e. The number of benzene rings is 2. The molecule has 5 heteroatoms. The average molecular weight is 587 g/mol. The van der Waals surface area contributed by atoms with Gasteiger partial charge in [-0.15, -0.1) is 11.3 Å². The second-order valence-corrected chi connectivity index (χ2v) is 16.3. The second kappa shape index (κ2) is 8.62.